The first-order valence-corrected chi connectivity index (χ1v) is 9.02. The number of imidazole rings is 1. The van der Waals surface area contributed by atoms with Crippen LogP contribution in [0.2, 0.25) is 0 Å². The molecule has 3 aromatic rings. The van der Waals surface area contributed by atoms with Crippen molar-refractivity contribution in [2.45, 2.75) is 26.4 Å². The minimum Gasteiger partial charge on any atom is -0.435 e. The van der Waals surface area contributed by atoms with Gasteiger partial charge in [-0.2, -0.15) is 8.78 Å². The molecule has 0 saturated heterocycles. The van der Waals surface area contributed by atoms with Gasteiger partial charge < -0.3 is 14.5 Å². The lowest BCUT2D eigenvalue weighted by atomic mass is 10.0. The SMILES string of the molecule is Cc1nc2ccc(C3=CCNCC3)cn2c1Cc1ccccc1OC(F)F. The Kier molecular flexibility index (Phi) is 4.90. The highest BCUT2D eigenvalue weighted by Gasteiger charge is 2.15. The average Bonchev–Trinajstić information content (AvgIpc) is 2.98. The van der Waals surface area contributed by atoms with Crippen molar-refractivity contribution in [2.24, 2.45) is 0 Å². The van der Waals surface area contributed by atoms with Crippen LogP contribution in [0.3, 0.4) is 0 Å². The van der Waals surface area contributed by atoms with Crippen LogP contribution in [0.5, 0.6) is 5.75 Å². The van der Waals surface area contributed by atoms with Gasteiger partial charge in [-0.25, -0.2) is 4.98 Å². The number of nitrogens with one attached hydrogen (secondary N) is 1. The Morgan fingerprint density at radius 3 is 2.85 bits per heavy atom. The number of nitrogens with zero attached hydrogens (tertiary/aromatic N) is 2. The van der Waals surface area contributed by atoms with E-state index in [9.17, 15) is 8.78 Å². The fourth-order valence-corrected chi connectivity index (χ4v) is 3.54. The summed E-state index contributed by atoms with van der Waals surface area (Å²) in [5.41, 5.74) is 5.92. The van der Waals surface area contributed by atoms with E-state index in [2.05, 4.69) is 37.8 Å². The molecule has 1 N–H and O–H groups in total. The molecule has 6 heteroatoms. The van der Waals surface area contributed by atoms with E-state index < -0.39 is 6.61 Å². The molecule has 0 spiro atoms. The molecule has 4 nitrogen and oxygen atoms in total. The van der Waals surface area contributed by atoms with Crippen molar-refractivity contribution >= 4 is 11.2 Å². The van der Waals surface area contributed by atoms with Crippen LogP contribution in [0.1, 0.15) is 28.9 Å². The standard InChI is InChI=1S/C21H21F2N3O/c1-14-18(12-16-4-2-3-5-19(16)27-21(22)23)26-13-17(6-7-20(26)25-14)15-8-10-24-11-9-15/h2-8,13,21,24H,9-12H2,1H3. The zero-order chi connectivity index (χ0) is 18.8. The van der Waals surface area contributed by atoms with Crippen molar-refractivity contribution in [3.05, 3.63) is 71.2 Å². The molecule has 0 fully saturated rings. The van der Waals surface area contributed by atoms with Crippen molar-refractivity contribution in [1.82, 2.24) is 14.7 Å². The summed E-state index contributed by atoms with van der Waals surface area (Å²) in [4.78, 5) is 4.63. The molecule has 0 saturated carbocycles. The Balaban J connectivity index is 1.73. The number of aryl methyl sites for hydroxylation is 1. The lowest BCUT2D eigenvalue weighted by Crippen LogP contribution is -2.20. The number of fused-ring (bicyclic) bond motifs is 1. The highest BCUT2D eigenvalue weighted by atomic mass is 19.3. The summed E-state index contributed by atoms with van der Waals surface area (Å²) in [6, 6.07) is 11.0. The second-order valence-corrected chi connectivity index (χ2v) is 6.64. The third kappa shape index (κ3) is 3.71. The summed E-state index contributed by atoms with van der Waals surface area (Å²) in [6.45, 7) is 0.954. The molecule has 1 aromatic carbocycles. The zero-order valence-corrected chi connectivity index (χ0v) is 15.1. The van der Waals surface area contributed by atoms with Crippen molar-refractivity contribution in [2.75, 3.05) is 13.1 Å². The van der Waals surface area contributed by atoms with Crippen LogP contribution in [-0.4, -0.2) is 29.1 Å². The third-order valence-corrected chi connectivity index (χ3v) is 4.90. The molecule has 0 aliphatic carbocycles. The molecule has 3 heterocycles. The van der Waals surface area contributed by atoms with Gasteiger partial charge in [0.1, 0.15) is 11.4 Å². The summed E-state index contributed by atoms with van der Waals surface area (Å²) >= 11 is 0. The molecule has 0 unspecified atom stereocenters. The van der Waals surface area contributed by atoms with E-state index >= 15 is 0 Å². The molecule has 1 aliphatic heterocycles. The summed E-state index contributed by atoms with van der Waals surface area (Å²) in [7, 11) is 0. The number of ether oxygens (including phenoxy) is 1. The number of pyridine rings is 1. The Bertz CT molecular complexity index is 994. The van der Waals surface area contributed by atoms with Gasteiger partial charge >= 0.3 is 6.61 Å². The van der Waals surface area contributed by atoms with Crippen LogP contribution in [0.15, 0.2) is 48.7 Å². The van der Waals surface area contributed by atoms with Crippen molar-refractivity contribution < 1.29 is 13.5 Å². The fraction of sp³-hybridized carbons (Fsp3) is 0.286. The molecule has 0 atom stereocenters. The lowest BCUT2D eigenvalue weighted by molar-refractivity contribution is -0.0503. The van der Waals surface area contributed by atoms with Gasteiger partial charge in [0.2, 0.25) is 0 Å². The molecule has 4 rings (SSSR count). The summed E-state index contributed by atoms with van der Waals surface area (Å²) in [6.07, 6.45) is 5.76. The monoisotopic (exact) mass is 369 g/mol. The van der Waals surface area contributed by atoms with E-state index in [1.165, 1.54) is 11.1 Å². The number of benzene rings is 1. The molecule has 0 radical (unpaired) electrons. The van der Waals surface area contributed by atoms with E-state index in [-0.39, 0.29) is 5.75 Å². The maximum atomic E-state index is 12.7. The topological polar surface area (TPSA) is 38.6 Å². The number of hydrogen-bond acceptors (Lipinski definition) is 3. The quantitative estimate of drug-likeness (QED) is 0.732. The highest BCUT2D eigenvalue weighted by molar-refractivity contribution is 5.67. The van der Waals surface area contributed by atoms with Crippen LogP contribution in [0.25, 0.3) is 11.2 Å². The number of alkyl halides is 2. The molecule has 0 bridgehead atoms. The van der Waals surface area contributed by atoms with Gasteiger partial charge in [-0.3, -0.25) is 0 Å². The summed E-state index contributed by atoms with van der Waals surface area (Å²) in [5, 5.41) is 3.32. The first-order valence-electron chi connectivity index (χ1n) is 9.02. The van der Waals surface area contributed by atoms with Crippen molar-refractivity contribution in [1.29, 1.82) is 0 Å². The van der Waals surface area contributed by atoms with Crippen LogP contribution in [0.4, 0.5) is 8.78 Å². The number of rotatable bonds is 5. The van der Waals surface area contributed by atoms with E-state index in [0.29, 0.717) is 12.0 Å². The molecule has 140 valence electrons. The predicted molar refractivity (Wildman–Crippen MR) is 101 cm³/mol. The van der Waals surface area contributed by atoms with Crippen molar-refractivity contribution in [3.63, 3.8) is 0 Å². The van der Waals surface area contributed by atoms with Gasteiger partial charge in [0.25, 0.3) is 0 Å². The van der Waals surface area contributed by atoms with Gasteiger partial charge in [0.05, 0.1) is 5.69 Å². The summed E-state index contributed by atoms with van der Waals surface area (Å²) in [5.74, 6) is 0.207. The molecule has 1 aliphatic rings. The second kappa shape index (κ2) is 7.48. The highest BCUT2D eigenvalue weighted by Crippen LogP contribution is 2.27. The largest absolute Gasteiger partial charge is 0.435 e. The molecule has 2 aromatic heterocycles. The third-order valence-electron chi connectivity index (χ3n) is 4.90. The van der Waals surface area contributed by atoms with Crippen molar-refractivity contribution in [3.8, 4) is 5.75 Å². The first-order chi connectivity index (χ1) is 13.1. The summed E-state index contributed by atoms with van der Waals surface area (Å²) < 4.78 is 32.2. The van der Waals surface area contributed by atoms with Gasteiger partial charge in [0, 0.05) is 30.4 Å². The Labute approximate surface area is 156 Å². The van der Waals surface area contributed by atoms with E-state index in [4.69, 9.17) is 0 Å². The lowest BCUT2D eigenvalue weighted by Gasteiger charge is -2.15. The number of hydrogen-bond donors (Lipinski definition) is 1. The van der Waals surface area contributed by atoms with Crippen LogP contribution in [0, 0.1) is 6.92 Å². The van der Waals surface area contributed by atoms with E-state index in [1.54, 1.807) is 12.1 Å². The predicted octanol–water partition coefficient (Wildman–Crippen LogP) is 4.21. The molecule has 27 heavy (non-hydrogen) atoms. The minimum absolute atomic E-state index is 0.207. The molecular weight excluding hydrogens is 348 g/mol. The Morgan fingerprint density at radius 2 is 2.07 bits per heavy atom. The van der Waals surface area contributed by atoms with Crippen LogP contribution in [-0.2, 0) is 6.42 Å². The van der Waals surface area contributed by atoms with Gasteiger partial charge in [0.15, 0.2) is 0 Å². The maximum absolute atomic E-state index is 12.7. The number of aromatic nitrogens is 2. The van der Waals surface area contributed by atoms with Gasteiger partial charge in [-0.05, 0) is 49.2 Å². The normalized spacial score (nSPS) is 14.6. The van der Waals surface area contributed by atoms with E-state index in [0.717, 1.165) is 36.5 Å². The molecular formula is C21H21F2N3O. The van der Waals surface area contributed by atoms with Gasteiger partial charge in [-0.1, -0.05) is 24.3 Å². The maximum Gasteiger partial charge on any atom is 0.387 e. The average molecular weight is 369 g/mol. The second-order valence-electron chi connectivity index (χ2n) is 6.64. The smallest absolute Gasteiger partial charge is 0.387 e. The molecule has 0 amide bonds. The minimum atomic E-state index is -2.84. The number of para-hydroxylation sites is 1. The first kappa shape index (κ1) is 17.7. The van der Waals surface area contributed by atoms with Crippen LogP contribution < -0.4 is 10.1 Å². The Morgan fingerprint density at radius 1 is 1.22 bits per heavy atom. The van der Waals surface area contributed by atoms with E-state index in [1.807, 2.05) is 25.1 Å². The number of halogens is 2. The fourth-order valence-electron chi connectivity index (χ4n) is 3.54. The van der Waals surface area contributed by atoms with Crippen LogP contribution >= 0.6 is 0 Å². The Hall–Kier alpha value is -2.73. The van der Waals surface area contributed by atoms with Gasteiger partial charge in [-0.15, -0.1) is 0 Å². The zero-order valence-electron chi connectivity index (χ0n) is 15.1.